The highest BCUT2D eigenvalue weighted by Crippen LogP contribution is 2.38. The first-order chi connectivity index (χ1) is 13.9. The Kier molecular flexibility index (Phi) is 7.34. The minimum atomic E-state index is -4.54. The number of nitrogens with zero attached hydrogens (tertiary/aromatic N) is 1. The molecule has 0 fully saturated rings. The number of hydrogen-bond donors (Lipinski definition) is 2. The first-order valence-corrected chi connectivity index (χ1v) is 9.34. The summed E-state index contributed by atoms with van der Waals surface area (Å²) in [6, 6.07) is 11.5. The molecule has 1 aromatic heterocycles. The molecule has 0 amide bonds. The maximum Gasteiger partial charge on any atom is 0.433 e. The molecule has 0 radical (unpaired) electrons. The molecular weight excluding hydrogens is 432 g/mol. The quantitative estimate of drug-likeness (QED) is 0.437. The first kappa shape index (κ1) is 24.6. The molecule has 0 aliphatic heterocycles. The Bertz CT molecular complexity index is 1030. The van der Waals surface area contributed by atoms with E-state index in [4.69, 9.17) is 0 Å². The van der Waals surface area contributed by atoms with E-state index in [0.717, 1.165) is 17.8 Å². The molecular formula is C23H23ClF4N2O. The van der Waals surface area contributed by atoms with Crippen molar-refractivity contribution in [2.24, 2.45) is 0 Å². The zero-order valence-electron chi connectivity index (χ0n) is 17.2. The van der Waals surface area contributed by atoms with Crippen LogP contribution in [0.5, 0.6) is 5.75 Å². The van der Waals surface area contributed by atoms with Gasteiger partial charge in [-0.25, -0.2) is 4.39 Å². The molecule has 0 aliphatic rings. The van der Waals surface area contributed by atoms with Crippen LogP contribution in [-0.2, 0) is 12.7 Å². The van der Waals surface area contributed by atoms with E-state index in [1.54, 1.807) is 24.3 Å². The fourth-order valence-corrected chi connectivity index (χ4v) is 2.94. The highest BCUT2D eigenvalue weighted by Gasteiger charge is 2.32. The van der Waals surface area contributed by atoms with Gasteiger partial charge in [-0.15, -0.1) is 12.4 Å². The summed E-state index contributed by atoms with van der Waals surface area (Å²) in [6.07, 6.45) is -3.45. The van der Waals surface area contributed by atoms with E-state index in [1.807, 2.05) is 20.8 Å². The van der Waals surface area contributed by atoms with Crippen LogP contribution in [0, 0.1) is 5.82 Å². The Morgan fingerprint density at radius 1 is 0.903 bits per heavy atom. The van der Waals surface area contributed by atoms with E-state index in [2.05, 4.69) is 10.3 Å². The summed E-state index contributed by atoms with van der Waals surface area (Å²) in [5.74, 6) is -0.418. The summed E-state index contributed by atoms with van der Waals surface area (Å²) < 4.78 is 51.9. The summed E-state index contributed by atoms with van der Waals surface area (Å²) in [4.78, 5) is 3.50. The molecule has 0 saturated heterocycles. The van der Waals surface area contributed by atoms with Gasteiger partial charge in [0.2, 0.25) is 0 Å². The van der Waals surface area contributed by atoms with Crippen molar-refractivity contribution in [3.8, 4) is 28.0 Å². The third kappa shape index (κ3) is 6.18. The van der Waals surface area contributed by atoms with Gasteiger partial charge in [-0.1, -0.05) is 18.2 Å². The van der Waals surface area contributed by atoms with E-state index in [9.17, 15) is 22.7 Å². The lowest BCUT2D eigenvalue weighted by Gasteiger charge is -2.22. The summed E-state index contributed by atoms with van der Waals surface area (Å²) in [7, 11) is 0. The minimum Gasteiger partial charge on any atom is -0.507 e. The lowest BCUT2D eigenvalue weighted by Crippen LogP contribution is -2.35. The fourth-order valence-electron chi connectivity index (χ4n) is 2.94. The van der Waals surface area contributed by atoms with Crippen LogP contribution in [0.2, 0.25) is 0 Å². The molecule has 0 unspecified atom stereocenters. The van der Waals surface area contributed by atoms with E-state index < -0.39 is 11.9 Å². The number of nitrogens with one attached hydrogen (secondary N) is 1. The van der Waals surface area contributed by atoms with Gasteiger partial charge >= 0.3 is 6.18 Å². The maximum absolute atomic E-state index is 13.3. The molecule has 31 heavy (non-hydrogen) atoms. The molecule has 2 N–H and O–H groups in total. The second kappa shape index (κ2) is 9.24. The van der Waals surface area contributed by atoms with Crippen molar-refractivity contribution in [1.29, 1.82) is 0 Å². The van der Waals surface area contributed by atoms with Crippen LogP contribution in [0.3, 0.4) is 0 Å². The topological polar surface area (TPSA) is 45.2 Å². The van der Waals surface area contributed by atoms with Crippen molar-refractivity contribution in [2.75, 3.05) is 0 Å². The average molecular weight is 455 g/mol. The molecule has 1 heterocycles. The van der Waals surface area contributed by atoms with Gasteiger partial charge in [-0.05, 0) is 62.2 Å². The summed E-state index contributed by atoms with van der Waals surface area (Å²) in [6.45, 7) is 6.28. The predicted octanol–water partition coefficient (Wildman–Crippen LogP) is 6.59. The molecule has 0 atom stereocenters. The number of rotatable bonds is 4. The normalized spacial score (nSPS) is 11.8. The van der Waals surface area contributed by atoms with E-state index >= 15 is 0 Å². The standard InChI is InChI=1S/C23H22F4N2O.ClH/c1-22(2,3)29-13-17-10-16(14-4-7-18(24)8-5-14)11-19(21(17)30)15-6-9-20(28-12-15)23(25,26)27;/h4-12,29-30H,13H2,1-3H3;1H. The van der Waals surface area contributed by atoms with Crippen molar-refractivity contribution in [3.05, 3.63) is 71.8 Å². The zero-order chi connectivity index (χ0) is 22.1. The molecule has 3 rings (SSSR count). The molecule has 0 saturated carbocycles. The molecule has 0 spiro atoms. The van der Waals surface area contributed by atoms with Crippen LogP contribution < -0.4 is 5.32 Å². The predicted molar refractivity (Wildman–Crippen MR) is 116 cm³/mol. The lowest BCUT2D eigenvalue weighted by atomic mass is 9.95. The number of phenolic OH excluding ortho intramolecular Hbond substituents is 1. The second-order valence-electron chi connectivity index (χ2n) is 8.07. The van der Waals surface area contributed by atoms with Gasteiger partial charge in [0.05, 0.1) is 0 Å². The number of benzene rings is 2. The van der Waals surface area contributed by atoms with Gasteiger partial charge in [-0.2, -0.15) is 13.2 Å². The smallest absolute Gasteiger partial charge is 0.433 e. The molecule has 3 nitrogen and oxygen atoms in total. The number of alkyl halides is 3. The van der Waals surface area contributed by atoms with Gasteiger partial charge < -0.3 is 10.4 Å². The average Bonchev–Trinajstić information content (AvgIpc) is 2.67. The molecule has 0 aliphatic carbocycles. The molecule has 166 valence electrons. The second-order valence-corrected chi connectivity index (χ2v) is 8.07. The van der Waals surface area contributed by atoms with Gasteiger partial charge in [-0.3, -0.25) is 4.98 Å². The third-order valence-corrected chi connectivity index (χ3v) is 4.54. The van der Waals surface area contributed by atoms with Crippen molar-refractivity contribution in [1.82, 2.24) is 10.3 Å². The highest BCUT2D eigenvalue weighted by molar-refractivity contribution is 5.85. The SMILES string of the molecule is CC(C)(C)NCc1cc(-c2ccc(F)cc2)cc(-c2ccc(C(F)(F)F)nc2)c1O.Cl. The minimum absolute atomic E-state index is 0. The van der Waals surface area contributed by atoms with Crippen LogP contribution in [0.1, 0.15) is 32.0 Å². The number of aromatic hydroxyl groups is 1. The first-order valence-electron chi connectivity index (χ1n) is 9.34. The number of halogens is 5. The monoisotopic (exact) mass is 454 g/mol. The summed E-state index contributed by atoms with van der Waals surface area (Å²) >= 11 is 0. The van der Waals surface area contributed by atoms with Gasteiger partial charge in [0.25, 0.3) is 0 Å². The van der Waals surface area contributed by atoms with Crippen LogP contribution >= 0.6 is 12.4 Å². The van der Waals surface area contributed by atoms with Crippen molar-refractivity contribution in [3.63, 3.8) is 0 Å². The van der Waals surface area contributed by atoms with E-state index in [0.29, 0.717) is 28.8 Å². The van der Waals surface area contributed by atoms with Crippen LogP contribution in [0.4, 0.5) is 17.6 Å². The third-order valence-electron chi connectivity index (χ3n) is 4.54. The van der Waals surface area contributed by atoms with Gasteiger partial charge in [0.1, 0.15) is 17.3 Å². The van der Waals surface area contributed by atoms with Crippen LogP contribution in [-0.4, -0.2) is 15.6 Å². The highest BCUT2D eigenvalue weighted by atomic mass is 35.5. The van der Waals surface area contributed by atoms with Crippen LogP contribution in [0.15, 0.2) is 54.7 Å². The summed E-state index contributed by atoms with van der Waals surface area (Å²) in [5, 5.41) is 14.1. The van der Waals surface area contributed by atoms with Crippen LogP contribution in [0.25, 0.3) is 22.3 Å². The Morgan fingerprint density at radius 2 is 1.52 bits per heavy atom. The molecule has 0 bridgehead atoms. The van der Waals surface area contributed by atoms with Crippen molar-refractivity contribution < 1.29 is 22.7 Å². The Balaban J connectivity index is 0.00000341. The number of aromatic nitrogens is 1. The van der Waals surface area contributed by atoms with Crippen molar-refractivity contribution in [2.45, 2.75) is 39.0 Å². The summed E-state index contributed by atoms with van der Waals surface area (Å²) in [5.41, 5.74) is 1.47. The number of phenols is 1. The fraction of sp³-hybridized carbons (Fsp3) is 0.261. The number of pyridine rings is 1. The Labute approximate surface area is 184 Å². The van der Waals surface area contributed by atoms with E-state index in [-0.39, 0.29) is 29.5 Å². The molecule has 8 heteroatoms. The largest absolute Gasteiger partial charge is 0.507 e. The van der Waals surface area contributed by atoms with Gasteiger partial charge in [0.15, 0.2) is 0 Å². The molecule has 3 aromatic rings. The molecule has 2 aromatic carbocycles. The van der Waals surface area contributed by atoms with Gasteiger partial charge in [0, 0.05) is 35.0 Å². The Morgan fingerprint density at radius 3 is 2.03 bits per heavy atom. The lowest BCUT2D eigenvalue weighted by molar-refractivity contribution is -0.141. The number of hydrogen-bond acceptors (Lipinski definition) is 3. The zero-order valence-corrected chi connectivity index (χ0v) is 18.0. The van der Waals surface area contributed by atoms with Crippen molar-refractivity contribution >= 4 is 12.4 Å². The van der Waals surface area contributed by atoms with E-state index in [1.165, 1.54) is 18.2 Å². The Hall–Kier alpha value is -2.64. The maximum atomic E-state index is 13.3.